The molecule has 0 spiro atoms. The van der Waals surface area contributed by atoms with Crippen LogP contribution in [0.4, 0.5) is 0 Å². The first-order valence-corrected chi connectivity index (χ1v) is 10.9. The van der Waals surface area contributed by atoms with Gasteiger partial charge in [-0.2, -0.15) is 0 Å². The van der Waals surface area contributed by atoms with E-state index in [1.165, 1.54) is 10.6 Å². The van der Waals surface area contributed by atoms with Crippen molar-refractivity contribution in [1.82, 2.24) is 14.9 Å². The Bertz CT molecular complexity index is 479. The molecule has 1 rings (SSSR count). The normalized spacial score (nSPS) is 18.7. The zero-order valence-corrected chi connectivity index (χ0v) is 16.6. The fraction of sp³-hybridized carbons (Fsp3) is 0.938. The van der Waals surface area contributed by atoms with Crippen molar-refractivity contribution in [3.05, 3.63) is 0 Å². The molecule has 1 aliphatic heterocycles. The molecule has 1 aliphatic rings. The summed E-state index contributed by atoms with van der Waals surface area (Å²) in [5.74, 6) is 0.724. The van der Waals surface area contributed by atoms with Crippen molar-refractivity contribution in [2.75, 3.05) is 59.3 Å². The molecule has 8 nitrogen and oxygen atoms in total. The van der Waals surface area contributed by atoms with E-state index in [1.54, 1.807) is 7.05 Å². The average molecular weight is 379 g/mol. The Kier molecular flexibility index (Phi) is 11.0. The number of sulfonamides is 1. The highest BCUT2D eigenvalue weighted by atomic mass is 32.2. The van der Waals surface area contributed by atoms with E-state index in [9.17, 15) is 8.42 Å². The lowest BCUT2D eigenvalue weighted by molar-refractivity contribution is 0.0168. The van der Waals surface area contributed by atoms with Crippen LogP contribution in [0, 0.1) is 0 Å². The molecule has 9 heteroatoms. The number of guanidine groups is 1. The highest BCUT2D eigenvalue weighted by molar-refractivity contribution is 7.88. The van der Waals surface area contributed by atoms with Gasteiger partial charge in [0, 0.05) is 46.4 Å². The molecule has 1 heterocycles. The van der Waals surface area contributed by atoms with Gasteiger partial charge in [-0.1, -0.05) is 6.92 Å². The van der Waals surface area contributed by atoms with Gasteiger partial charge in [0.1, 0.15) is 0 Å². The highest BCUT2D eigenvalue weighted by Gasteiger charge is 2.15. The zero-order chi connectivity index (χ0) is 18.5. The van der Waals surface area contributed by atoms with Gasteiger partial charge in [0.15, 0.2) is 5.96 Å². The summed E-state index contributed by atoms with van der Waals surface area (Å²) in [7, 11) is -1.39. The second kappa shape index (κ2) is 12.5. The second-order valence-corrected chi connectivity index (χ2v) is 8.08. The van der Waals surface area contributed by atoms with Crippen LogP contribution in [-0.4, -0.2) is 84.1 Å². The first-order chi connectivity index (χ1) is 12.0. The molecule has 0 aromatic heterocycles. The zero-order valence-electron chi connectivity index (χ0n) is 15.8. The minimum atomic E-state index is -3.11. The lowest BCUT2D eigenvalue weighted by atomic mass is 10.2. The van der Waals surface area contributed by atoms with E-state index < -0.39 is 10.0 Å². The minimum Gasteiger partial charge on any atom is -0.379 e. The molecule has 148 valence electrons. The first-order valence-electron chi connectivity index (χ1n) is 9.06. The van der Waals surface area contributed by atoms with E-state index >= 15 is 0 Å². The van der Waals surface area contributed by atoms with Gasteiger partial charge in [-0.3, -0.25) is 4.99 Å². The number of ether oxygens (including phenoxy) is 2. The van der Waals surface area contributed by atoms with Crippen LogP contribution in [-0.2, 0) is 19.5 Å². The molecular weight excluding hydrogens is 344 g/mol. The minimum absolute atomic E-state index is 0.275. The Hall–Kier alpha value is -0.900. The smallest absolute Gasteiger partial charge is 0.211 e. The van der Waals surface area contributed by atoms with Gasteiger partial charge in [0.05, 0.1) is 19.0 Å². The Labute approximate surface area is 152 Å². The predicted molar refractivity (Wildman–Crippen MR) is 100 cm³/mol. The molecule has 1 saturated heterocycles. The Morgan fingerprint density at radius 3 is 2.60 bits per heavy atom. The number of nitrogens with zero attached hydrogens (tertiary/aromatic N) is 2. The molecule has 1 unspecified atom stereocenters. The molecule has 0 aromatic carbocycles. The molecule has 0 aromatic rings. The lowest BCUT2D eigenvalue weighted by Crippen LogP contribution is -2.40. The number of hydrogen-bond acceptors (Lipinski definition) is 5. The summed E-state index contributed by atoms with van der Waals surface area (Å²) in [6.07, 6.45) is 5.38. The average Bonchev–Trinajstić information content (AvgIpc) is 3.08. The second-order valence-electron chi connectivity index (χ2n) is 6.10. The summed E-state index contributed by atoms with van der Waals surface area (Å²) in [5.41, 5.74) is 0. The predicted octanol–water partition coefficient (Wildman–Crippen LogP) is 0.409. The van der Waals surface area contributed by atoms with Crippen LogP contribution in [0.25, 0.3) is 0 Å². The monoisotopic (exact) mass is 378 g/mol. The summed E-state index contributed by atoms with van der Waals surface area (Å²) in [5, 5.41) is 6.42. The quantitative estimate of drug-likeness (QED) is 0.290. The van der Waals surface area contributed by atoms with Crippen LogP contribution in [0.2, 0.25) is 0 Å². The number of nitrogens with one attached hydrogen (secondary N) is 2. The van der Waals surface area contributed by atoms with Gasteiger partial charge < -0.3 is 20.1 Å². The molecule has 2 N–H and O–H groups in total. The molecule has 0 bridgehead atoms. The van der Waals surface area contributed by atoms with Crippen LogP contribution in [0.5, 0.6) is 0 Å². The lowest BCUT2D eigenvalue weighted by Gasteiger charge is -2.18. The summed E-state index contributed by atoms with van der Waals surface area (Å²) < 4.78 is 35.6. The van der Waals surface area contributed by atoms with Crippen molar-refractivity contribution in [1.29, 1.82) is 0 Å². The van der Waals surface area contributed by atoms with E-state index in [4.69, 9.17) is 9.47 Å². The first kappa shape index (κ1) is 22.1. The fourth-order valence-electron chi connectivity index (χ4n) is 2.61. The highest BCUT2D eigenvalue weighted by Crippen LogP contribution is 2.11. The number of aliphatic imine (C=N–C) groups is 1. The van der Waals surface area contributed by atoms with Crippen molar-refractivity contribution < 1.29 is 17.9 Å². The van der Waals surface area contributed by atoms with E-state index in [0.29, 0.717) is 32.8 Å². The van der Waals surface area contributed by atoms with Gasteiger partial charge in [-0.15, -0.1) is 0 Å². The Balaban J connectivity index is 2.04. The molecule has 1 atom stereocenters. The van der Waals surface area contributed by atoms with Crippen molar-refractivity contribution >= 4 is 16.0 Å². The van der Waals surface area contributed by atoms with Crippen molar-refractivity contribution in [3.63, 3.8) is 0 Å². The van der Waals surface area contributed by atoms with E-state index in [0.717, 1.165) is 44.8 Å². The maximum Gasteiger partial charge on any atom is 0.211 e. The van der Waals surface area contributed by atoms with Crippen molar-refractivity contribution in [3.8, 4) is 0 Å². The van der Waals surface area contributed by atoms with E-state index in [2.05, 4.69) is 15.6 Å². The third-order valence-corrected chi connectivity index (χ3v) is 5.39. The van der Waals surface area contributed by atoms with E-state index in [-0.39, 0.29) is 6.10 Å². The summed E-state index contributed by atoms with van der Waals surface area (Å²) in [6, 6.07) is 0. The molecule has 0 aliphatic carbocycles. The molecule has 1 fully saturated rings. The standard InChI is InChI=1S/C16H34N4O4S/c1-4-20(25(3,21)22)11-6-9-18-16(17-2)19-10-7-12-23-14-15-8-5-13-24-15/h15H,4-14H2,1-3H3,(H2,17,18,19). The van der Waals surface area contributed by atoms with Gasteiger partial charge in [0.2, 0.25) is 10.0 Å². The molecule has 0 saturated carbocycles. The largest absolute Gasteiger partial charge is 0.379 e. The maximum absolute atomic E-state index is 11.5. The third-order valence-electron chi connectivity index (χ3n) is 4.01. The fourth-order valence-corrected chi connectivity index (χ4v) is 3.54. The third kappa shape index (κ3) is 9.98. The van der Waals surface area contributed by atoms with Gasteiger partial charge in [-0.25, -0.2) is 12.7 Å². The Morgan fingerprint density at radius 2 is 2.04 bits per heavy atom. The molecule has 25 heavy (non-hydrogen) atoms. The van der Waals surface area contributed by atoms with Crippen molar-refractivity contribution in [2.45, 2.75) is 38.7 Å². The van der Waals surface area contributed by atoms with Crippen LogP contribution >= 0.6 is 0 Å². The van der Waals surface area contributed by atoms with Crippen LogP contribution in [0.1, 0.15) is 32.6 Å². The van der Waals surface area contributed by atoms with Crippen LogP contribution in [0.15, 0.2) is 4.99 Å². The number of hydrogen-bond donors (Lipinski definition) is 2. The molecular formula is C16H34N4O4S. The molecule has 0 radical (unpaired) electrons. The number of rotatable bonds is 12. The molecule has 0 amide bonds. The summed E-state index contributed by atoms with van der Waals surface area (Å²) in [6.45, 7) is 6.53. The van der Waals surface area contributed by atoms with Crippen LogP contribution < -0.4 is 10.6 Å². The summed E-state index contributed by atoms with van der Waals surface area (Å²) >= 11 is 0. The van der Waals surface area contributed by atoms with Gasteiger partial charge >= 0.3 is 0 Å². The maximum atomic E-state index is 11.5. The van der Waals surface area contributed by atoms with Crippen molar-refractivity contribution in [2.24, 2.45) is 4.99 Å². The SMILES string of the molecule is CCN(CCCNC(=NC)NCCCOCC1CCCO1)S(C)(=O)=O. The summed E-state index contributed by atoms with van der Waals surface area (Å²) in [4.78, 5) is 4.16. The Morgan fingerprint density at radius 1 is 1.32 bits per heavy atom. The van der Waals surface area contributed by atoms with E-state index in [1.807, 2.05) is 6.92 Å². The topological polar surface area (TPSA) is 92.3 Å². The van der Waals surface area contributed by atoms with Gasteiger partial charge in [0.25, 0.3) is 0 Å². The van der Waals surface area contributed by atoms with Crippen LogP contribution in [0.3, 0.4) is 0 Å². The van der Waals surface area contributed by atoms with Gasteiger partial charge in [-0.05, 0) is 25.7 Å².